The number of hydrogen-bond acceptors (Lipinski definition) is 2. The molecule has 0 aliphatic carbocycles. The summed E-state index contributed by atoms with van der Waals surface area (Å²) in [4.78, 5) is 2.60. The van der Waals surface area contributed by atoms with Crippen molar-refractivity contribution in [2.24, 2.45) is 0 Å². The number of benzene rings is 8. The van der Waals surface area contributed by atoms with Gasteiger partial charge in [0.2, 0.25) is 0 Å². The van der Waals surface area contributed by atoms with Gasteiger partial charge in [0.1, 0.15) is 0 Å². The maximum atomic E-state index is 6.36. The van der Waals surface area contributed by atoms with Gasteiger partial charge < -0.3 is 9.30 Å². The minimum Gasteiger partial charge on any atom is -0.376 e. The molecule has 0 bridgehead atoms. The Labute approximate surface area is 325 Å². The van der Waals surface area contributed by atoms with Crippen LogP contribution in [-0.2, 0) is 10.2 Å². The van der Waals surface area contributed by atoms with Crippen molar-refractivity contribution in [2.45, 2.75) is 27.2 Å². The molecule has 2 aliphatic rings. The summed E-state index contributed by atoms with van der Waals surface area (Å²) in [5, 5.41) is 2.58. The average molecular weight is 724 g/mol. The fourth-order valence-electron chi connectivity index (χ4n) is 9.75. The van der Waals surface area contributed by atoms with Gasteiger partial charge in [-0.3, -0.25) is 0 Å². The molecule has 1 spiro atoms. The zero-order chi connectivity index (χ0) is 36.5. The van der Waals surface area contributed by atoms with E-state index >= 15 is 0 Å². The first kappa shape index (κ1) is 32.3. The highest BCUT2D eigenvalue weighted by atomic mass is 32.2. The molecule has 8 aromatic carbocycles. The van der Waals surface area contributed by atoms with Gasteiger partial charge in [-0.05, 0) is 68.3 Å². The lowest BCUT2D eigenvalue weighted by Crippen LogP contribution is -2.37. The maximum Gasteiger partial charge on any atom is 0.0930 e. The summed E-state index contributed by atoms with van der Waals surface area (Å²) in [5.41, 5.74) is 14.7. The van der Waals surface area contributed by atoms with Gasteiger partial charge in [-0.15, -0.1) is 0 Å². The highest BCUT2D eigenvalue weighted by Crippen LogP contribution is 2.61. The summed E-state index contributed by atoms with van der Waals surface area (Å²) in [6, 6.07) is 71.5. The molecule has 0 N–H and O–H groups in total. The smallest absolute Gasteiger partial charge is 0.0930 e. The van der Waals surface area contributed by atoms with Crippen LogP contribution in [-0.4, -0.2) is 11.7 Å². The Balaban J connectivity index is 1.11. The SMILES string of the molecule is COC(c1ccc(-c2cccc3c2Sc2ccccc2C32c3ccccc3-n3c4ccccc4c4cccc2c43)cc1)C(c1ccccc1)c1ccccc1. The monoisotopic (exact) mass is 723 g/mol. The van der Waals surface area contributed by atoms with Crippen LogP contribution in [0.3, 0.4) is 0 Å². The number of ether oxygens (including phenoxy) is 1. The van der Waals surface area contributed by atoms with Gasteiger partial charge in [-0.1, -0.05) is 188 Å². The second-order valence-corrected chi connectivity index (χ2v) is 15.7. The highest BCUT2D eigenvalue weighted by molar-refractivity contribution is 7.99. The molecule has 55 heavy (non-hydrogen) atoms. The number of hydrogen-bond donors (Lipinski definition) is 0. The van der Waals surface area contributed by atoms with Gasteiger partial charge in [0.25, 0.3) is 0 Å². The third kappa shape index (κ3) is 4.67. The Bertz CT molecular complexity index is 2850. The molecule has 9 aromatic rings. The molecule has 3 heterocycles. The molecule has 3 heteroatoms. The molecular formula is C52H37NOS. The second-order valence-electron chi connectivity index (χ2n) is 14.7. The fraction of sp³-hybridized carbons (Fsp3) is 0.0769. The van der Waals surface area contributed by atoms with E-state index in [0.29, 0.717) is 0 Å². The summed E-state index contributed by atoms with van der Waals surface area (Å²) >= 11 is 1.91. The van der Waals surface area contributed by atoms with Crippen LogP contribution in [0.15, 0.2) is 204 Å². The third-order valence-corrected chi connectivity index (χ3v) is 13.2. The predicted molar refractivity (Wildman–Crippen MR) is 227 cm³/mol. The van der Waals surface area contributed by atoms with E-state index in [9.17, 15) is 0 Å². The quantitative estimate of drug-likeness (QED) is 0.170. The predicted octanol–water partition coefficient (Wildman–Crippen LogP) is 13.1. The van der Waals surface area contributed by atoms with Crippen LogP contribution in [0, 0.1) is 0 Å². The first-order chi connectivity index (χ1) is 27.3. The van der Waals surface area contributed by atoms with Crippen LogP contribution in [0.4, 0.5) is 0 Å². The minimum absolute atomic E-state index is 0.0549. The summed E-state index contributed by atoms with van der Waals surface area (Å²) in [6.07, 6.45) is -0.154. The highest BCUT2D eigenvalue weighted by Gasteiger charge is 2.49. The molecule has 2 unspecified atom stereocenters. The van der Waals surface area contributed by atoms with Gasteiger partial charge in [0.05, 0.1) is 28.2 Å². The first-order valence-corrected chi connectivity index (χ1v) is 19.9. The van der Waals surface area contributed by atoms with Crippen molar-refractivity contribution in [2.75, 3.05) is 7.11 Å². The fourth-order valence-corrected chi connectivity index (χ4v) is 11.1. The Kier molecular flexibility index (Phi) is 7.48. The molecule has 2 atom stereocenters. The second kappa shape index (κ2) is 12.7. The van der Waals surface area contributed by atoms with Gasteiger partial charge in [-0.2, -0.15) is 0 Å². The molecule has 0 radical (unpaired) electrons. The molecule has 0 amide bonds. The molecule has 11 rings (SSSR count). The van der Waals surface area contributed by atoms with E-state index in [1.165, 1.54) is 81.8 Å². The van der Waals surface area contributed by atoms with E-state index in [2.05, 4.69) is 199 Å². The van der Waals surface area contributed by atoms with E-state index in [1.807, 2.05) is 18.9 Å². The summed E-state index contributed by atoms with van der Waals surface area (Å²) < 4.78 is 8.87. The van der Waals surface area contributed by atoms with Crippen molar-refractivity contribution in [3.63, 3.8) is 0 Å². The molecular weight excluding hydrogens is 687 g/mol. The number of aromatic nitrogens is 1. The zero-order valence-electron chi connectivity index (χ0n) is 30.4. The van der Waals surface area contributed by atoms with Crippen LogP contribution in [0.2, 0.25) is 0 Å². The van der Waals surface area contributed by atoms with E-state index in [0.717, 1.165) is 5.56 Å². The van der Waals surface area contributed by atoms with Crippen LogP contribution in [0.5, 0.6) is 0 Å². The largest absolute Gasteiger partial charge is 0.376 e. The molecule has 2 aliphatic heterocycles. The van der Waals surface area contributed by atoms with Crippen LogP contribution >= 0.6 is 11.8 Å². The van der Waals surface area contributed by atoms with Crippen molar-refractivity contribution in [3.05, 3.63) is 233 Å². The lowest BCUT2D eigenvalue weighted by atomic mass is 9.62. The number of fused-ring (bicyclic) bond motifs is 11. The standard InChI is InChI=1S/C52H37NOS/c1-54-50(48(35-16-4-2-5-17-35)36-18-6-3-7-19-36)37-32-30-34(31-33-37)38-21-14-26-44-51(38)55-47-29-13-10-24-42(47)52(44)41-23-9-12-28-46(41)53-45-27-11-8-20-39(45)40-22-15-25-43(52)49(40)53/h2-33,48,50H,1H3. The van der Waals surface area contributed by atoms with Crippen molar-refractivity contribution < 1.29 is 4.74 Å². The number of rotatable bonds is 6. The Hall–Kier alpha value is -6.13. The summed E-state index contributed by atoms with van der Waals surface area (Å²) in [6.45, 7) is 0. The number of nitrogens with zero attached hydrogens (tertiary/aromatic N) is 1. The molecule has 1 aromatic heterocycles. The van der Waals surface area contributed by atoms with E-state index in [-0.39, 0.29) is 12.0 Å². The normalized spacial score (nSPS) is 15.9. The van der Waals surface area contributed by atoms with Crippen molar-refractivity contribution in [1.82, 2.24) is 4.57 Å². The van der Waals surface area contributed by atoms with Crippen molar-refractivity contribution >= 4 is 33.6 Å². The number of methoxy groups -OCH3 is 1. The topological polar surface area (TPSA) is 14.2 Å². The Morgan fingerprint density at radius 2 is 1.09 bits per heavy atom. The van der Waals surface area contributed by atoms with E-state index < -0.39 is 5.41 Å². The lowest BCUT2D eigenvalue weighted by molar-refractivity contribution is 0.0891. The maximum absolute atomic E-state index is 6.36. The van der Waals surface area contributed by atoms with Gasteiger partial charge in [0.15, 0.2) is 0 Å². The van der Waals surface area contributed by atoms with Crippen LogP contribution < -0.4 is 0 Å². The molecule has 262 valence electrons. The lowest BCUT2D eigenvalue weighted by Gasteiger charge is -2.45. The number of para-hydroxylation sites is 3. The zero-order valence-corrected chi connectivity index (χ0v) is 31.2. The summed E-state index contributed by atoms with van der Waals surface area (Å²) in [5.74, 6) is 0.0549. The van der Waals surface area contributed by atoms with E-state index in [4.69, 9.17) is 4.74 Å². The van der Waals surface area contributed by atoms with Crippen molar-refractivity contribution in [3.8, 4) is 16.8 Å². The molecule has 0 fully saturated rings. The summed E-state index contributed by atoms with van der Waals surface area (Å²) in [7, 11) is 1.83. The Morgan fingerprint density at radius 3 is 1.85 bits per heavy atom. The molecule has 2 nitrogen and oxygen atoms in total. The first-order valence-electron chi connectivity index (χ1n) is 19.0. The van der Waals surface area contributed by atoms with Gasteiger partial charge in [0, 0.05) is 33.6 Å². The van der Waals surface area contributed by atoms with Gasteiger partial charge in [-0.25, -0.2) is 0 Å². The average Bonchev–Trinajstić information content (AvgIpc) is 3.60. The molecule has 0 saturated heterocycles. The van der Waals surface area contributed by atoms with Crippen molar-refractivity contribution in [1.29, 1.82) is 0 Å². The van der Waals surface area contributed by atoms with Crippen LogP contribution in [0.25, 0.3) is 38.6 Å². The Morgan fingerprint density at radius 1 is 0.491 bits per heavy atom. The minimum atomic E-state index is -0.507. The van der Waals surface area contributed by atoms with E-state index in [1.54, 1.807) is 0 Å². The third-order valence-electron chi connectivity index (χ3n) is 12.0. The van der Waals surface area contributed by atoms with Crippen LogP contribution in [0.1, 0.15) is 51.0 Å². The van der Waals surface area contributed by atoms with Gasteiger partial charge >= 0.3 is 0 Å². The molecule has 0 saturated carbocycles.